The van der Waals surface area contributed by atoms with Crippen molar-refractivity contribution in [1.29, 1.82) is 0 Å². The molecule has 0 heteroatoms. The summed E-state index contributed by atoms with van der Waals surface area (Å²) in [6.07, 6.45) is 9.65. The van der Waals surface area contributed by atoms with Crippen LogP contribution < -0.4 is 0 Å². The summed E-state index contributed by atoms with van der Waals surface area (Å²) >= 11 is 0. The fraction of sp³-hybridized carbons (Fsp3) is 0.846. The Morgan fingerprint density at radius 3 is 2.23 bits per heavy atom. The summed E-state index contributed by atoms with van der Waals surface area (Å²) < 4.78 is 0. The third-order valence-electron chi connectivity index (χ3n) is 2.76. The molecule has 0 amide bonds. The van der Waals surface area contributed by atoms with Gasteiger partial charge in [0.15, 0.2) is 0 Å². The summed E-state index contributed by atoms with van der Waals surface area (Å²) in [4.78, 5) is 0. The molecule has 0 spiro atoms. The van der Waals surface area contributed by atoms with Crippen LogP contribution in [0.1, 0.15) is 59.8 Å². The van der Waals surface area contributed by atoms with E-state index in [2.05, 4.69) is 33.8 Å². The van der Waals surface area contributed by atoms with Crippen LogP contribution in [0, 0.1) is 11.3 Å². The molecule has 1 fully saturated rings. The molecule has 0 nitrogen and oxygen atoms in total. The molecule has 0 aliphatic heterocycles. The molecule has 0 heterocycles. The van der Waals surface area contributed by atoms with Crippen molar-refractivity contribution in [2.24, 2.45) is 11.3 Å². The lowest BCUT2D eigenvalue weighted by molar-refractivity contribution is 0.512. The number of rotatable bonds is 2. The van der Waals surface area contributed by atoms with Crippen LogP contribution in [0.15, 0.2) is 11.6 Å². The van der Waals surface area contributed by atoms with Crippen molar-refractivity contribution in [3.63, 3.8) is 0 Å². The Bertz CT molecular complexity index is 175. The standard InChI is InChI=1S/C13H24/c1-11(10-13(2,3)4)9-12-7-5-6-8-12/h10,12H,5-9H2,1-4H3/b11-10+. The SMILES string of the molecule is C/C(=C\C(C)(C)C)CC1CCCC1. The van der Waals surface area contributed by atoms with Gasteiger partial charge in [0, 0.05) is 0 Å². The molecule has 1 aliphatic carbocycles. The molecule has 0 saturated heterocycles. The second-order valence-electron chi connectivity index (χ2n) is 5.71. The van der Waals surface area contributed by atoms with Gasteiger partial charge in [-0.1, -0.05) is 58.1 Å². The van der Waals surface area contributed by atoms with Crippen LogP contribution in [0.5, 0.6) is 0 Å². The fourth-order valence-corrected chi connectivity index (χ4v) is 2.47. The first kappa shape index (κ1) is 10.8. The van der Waals surface area contributed by atoms with E-state index in [1.54, 1.807) is 5.57 Å². The molecule has 0 radical (unpaired) electrons. The number of allylic oxidation sites excluding steroid dienone is 2. The highest BCUT2D eigenvalue weighted by atomic mass is 14.2. The Morgan fingerprint density at radius 2 is 1.77 bits per heavy atom. The molecule has 13 heavy (non-hydrogen) atoms. The molecule has 0 unspecified atom stereocenters. The third-order valence-corrected chi connectivity index (χ3v) is 2.76. The minimum atomic E-state index is 0.364. The quantitative estimate of drug-likeness (QED) is 0.546. The molecule has 0 bridgehead atoms. The average Bonchev–Trinajstić information content (AvgIpc) is 2.34. The average molecular weight is 180 g/mol. The van der Waals surface area contributed by atoms with E-state index in [0.29, 0.717) is 5.41 Å². The zero-order valence-electron chi connectivity index (χ0n) is 9.69. The van der Waals surface area contributed by atoms with Gasteiger partial charge in [0.1, 0.15) is 0 Å². The third kappa shape index (κ3) is 4.50. The van der Waals surface area contributed by atoms with Crippen LogP contribution in [0.2, 0.25) is 0 Å². The molecule has 1 rings (SSSR count). The van der Waals surface area contributed by atoms with Gasteiger partial charge in [0.05, 0.1) is 0 Å². The molecule has 0 aromatic carbocycles. The molecule has 1 saturated carbocycles. The first-order chi connectivity index (χ1) is 5.97. The van der Waals surface area contributed by atoms with E-state index < -0.39 is 0 Å². The molecule has 76 valence electrons. The second kappa shape index (κ2) is 4.30. The molecule has 0 atom stereocenters. The van der Waals surface area contributed by atoms with E-state index in [1.807, 2.05) is 0 Å². The summed E-state index contributed by atoms with van der Waals surface area (Å²) in [7, 11) is 0. The normalized spacial score (nSPS) is 21.1. The summed E-state index contributed by atoms with van der Waals surface area (Å²) in [6.45, 7) is 9.14. The summed E-state index contributed by atoms with van der Waals surface area (Å²) in [5, 5.41) is 0. The smallest absolute Gasteiger partial charge is 0.0201 e. The van der Waals surface area contributed by atoms with Gasteiger partial charge < -0.3 is 0 Å². The van der Waals surface area contributed by atoms with Gasteiger partial charge in [-0.3, -0.25) is 0 Å². The molecule has 0 aromatic heterocycles. The molecule has 1 aliphatic rings. The van der Waals surface area contributed by atoms with Crippen LogP contribution in [0.25, 0.3) is 0 Å². The molecular weight excluding hydrogens is 156 g/mol. The van der Waals surface area contributed by atoms with Crippen LogP contribution in [-0.2, 0) is 0 Å². The highest BCUT2D eigenvalue weighted by Crippen LogP contribution is 2.31. The van der Waals surface area contributed by atoms with Crippen LogP contribution >= 0.6 is 0 Å². The lowest BCUT2D eigenvalue weighted by Gasteiger charge is -2.16. The predicted octanol–water partition coefficient (Wildman–Crippen LogP) is 4.56. The van der Waals surface area contributed by atoms with Gasteiger partial charge in [-0.25, -0.2) is 0 Å². The van der Waals surface area contributed by atoms with Crippen molar-refractivity contribution < 1.29 is 0 Å². The maximum atomic E-state index is 2.44. The Balaban J connectivity index is 2.39. The summed E-state index contributed by atoms with van der Waals surface area (Å²) in [5.41, 5.74) is 1.96. The van der Waals surface area contributed by atoms with Crippen LogP contribution in [0.3, 0.4) is 0 Å². The first-order valence-corrected chi connectivity index (χ1v) is 5.66. The minimum Gasteiger partial charge on any atom is -0.0802 e. The van der Waals surface area contributed by atoms with Gasteiger partial charge in [-0.2, -0.15) is 0 Å². The summed E-state index contributed by atoms with van der Waals surface area (Å²) in [5.74, 6) is 0.999. The van der Waals surface area contributed by atoms with Crippen molar-refractivity contribution in [1.82, 2.24) is 0 Å². The Morgan fingerprint density at radius 1 is 1.23 bits per heavy atom. The first-order valence-electron chi connectivity index (χ1n) is 5.66. The maximum absolute atomic E-state index is 2.44. The highest BCUT2D eigenvalue weighted by Gasteiger charge is 2.16. The van der Waals surface area contributed by atoms with Gasteiger partial charge in [-0.15, -0.1) is 0 Å². The van der Waals surface area contributed by atoms with Gasteiger partial charge >= 0.3 is 0 Å². The molecule has 0 aromatic rings. The van der Waals surface area contributed by atoms with E-state index in [0.717, 1.165) is 5.92 Å². The maximum Gasteiger partial charge on any atom is -0.0201 e. The lowest BCUT2D eigenvalue weighted by Crippen LogP contribution is -2.02. The Labute approximate surface area is 83.4 Å². The molecule has 0 N–H and O–H groups in total. The van der Waals surface area contributed by atoms with Crippen LogP contribution in [-0.4, -0.2) is 0 Å². The van der Waals surface area contributed by atoms with Gasteiger partial charge in [-0.05, 0) is 24.7 Å². The number of hydrogen-bond donors (Lipinski definition) is 0. The van der Waals surface area contributed by atoms with Gasteiger partial charge in [0.2, 0.25) is 0 Å². The van der Waals surface area contributed by atoms with Crippen molar-refractivity contribution in [3.05, 3.63) is 11.6 Å². The van der Waals surface area contributed by atoms with Crippen LogP contribution in [0.4, 0.5) is 0 Å². The molecular formula is C13H24. The minimum absolute atomic E-state index is 0.364. The van der Waals surface area contributed by atoms with Crippen molar-refractivity contribution in [3.8, 4) is 0 Å². The van der Waals surface area contributed by atoms with Gasteiger partial charge in [0.25, 0.3) is 0 Å². The fourth-order valence-electron chi connectivity index (χ4n) is 2.47. The second-order valence-corrected chi connectivity index (χ2v) is 5.71. The van der Waals surface area contributed by atoms with E-state index >= 15 is 0 Å². The topological polar surface area (TPSA) is 0 Å². The zero-order valence-corrected chi connectivity index (χ0v) is 9.69. The lowest BCUT2D eigenvalue weighted by atomic mass is 9.90. The number of hydrogen-bond acceptors (Lipinski definition) is 0. The van der Waals surface area contributed by atoms with E-state index in [4.69, 9.17) is 0 Å². The van der Waals surface area contributed by atoms with E-state index in [-0.39, 0.29) is 0 Å². The van der Waals surface area contributed by atoms with Crippen molar-refractivity contribution >= 4 is 0 Å². The van der Waals surface area contributed by atoms with Crippen molar-refractivity contribution in [2.75, 3.05) is 0 Å². The zero-order chi connectivity index (χ0) is 9.90. The predicted molar refractivity (Wildman–Crippen MR) is 59.8 cm³/mol. The van der Waals surface area contributed by atoms with E-state index in [1.165, 1.54) is 32.1 Å². The van der Waals surface area contributed by atoms with E-state index in [9.17, 15) is 0 Å². The Kier molecular flexibility index (Phi) is 3.58. The largest absolute Gasteiger partial charge is 0.0802 e. The monoisotopic (exact) mass is 180 g/mol. The Hall–Kier alpha value is -0.260. The summed E-state index contributed by atoms with van der Waals surface area (Å²) in [6, 6.07) is 0. The highest BCUT2D eigenvalue weighted by molar-refractivity contribution is 5.05. The van der Waals surface area contributed by atoms with Crippen molar-refractivity contribution in [2.45, 2.75) is 59.8 Å².